The Bertz CT molecular complexity index is 1220. The van der Waals surface area contributed by atoms with E-state index >= 15 is 0 Å². The van der Waals surface area contributed by atoms with E-state index in [0.29, 0.717) is 22.2 Å². The average Bonchev–Trinajstić information content (AvgIpc) is 3.26. The number of carbonyl (C=O) groups is 1. The Morgan fingerprint density at radius 1 is 0.793 bits per heavy atom. The van der Waals surface area contributed by atoms with Crippen LogP contribution in [0.15, 0.2) is 78.9 Å². The van der Waals surface area contributed by atoms with Gasteiger partial charge in [0.15, 0.2) is 0 Å². The van der Waals surface area contributed by atoms with E-state index in [-0.39, 0.29) is 5.91 Å². The first-order valence-corrected chi connectivity index (χ1v) is 9.88. The van der Waals surface area contributed by atoms with E-state index in [1.54, 1.807) is 9.58 Å². The fourth-order valence-electron chi connectivity index (χ4n) is 3.64. The van der Waals surface area contributed by atoms with Gasteiger partial charge in [-0.3, -0.25) is 4.79 Å². The number of carbonyl (C=O) groups excluding carboxylic acids is 1. The van der Waals surface area contributed by atoms with Gasteiger partial charge < -0.3 is 4.90 Å². The summed E-state index contributed by atoms with van der Waals surface area (Å²) in [7, 11) is 0. The van der Waals surface area contributed by atoms with Gasteiger partial charge in [-0.1, -0.05) is 59.6 Å². The highest BCUT2D eigenvalue weighted by Crippen LogP contribution is 2.37. The second-order valence-electron chi connectivity index (χ2n) is 6.80. The first-order chi connectivity index (χ1) is 14.1. The van der Waals surface area contributed by atoms with Gasteiger partial charge in [-0.25, -0.2) is 4.68 Å². The van der Waals surface area contributed by atoms with Crippen molar-refractivity contribution in [3.63, 3.8) is 0 Å². The fraction of sp³-hybridized carbons (Fsp3) is 0.0435. The SMILES string of the molecule is O=C1c2c(nn(-c3cccc(Cl)c3)c2-c2ccc(Cl)cc2)CN1c1ccccc1. The van der Waals surface area contributed by atoms with Crippen LogP contribution in [-0.4, -0.2) is 15.7 Å². The molecule has 142 valence electrons. The van der Waals surface area contributed by atoms with Gasteiger partial charge in [0.25, 0.3) is 5.91 Å². The van der Waals surface area contributed by atoms with Crippen LogP contribution in [0.1, 0.15) is 16.1 Å². The van der Waals surface area contributed by atoms with Gasteiger partial charge >= 0.3 is 0 Å². The molecule has 4 nitrogen and oxygen atoms in total. The van der Waals surface area contributed by atoms with E-state index in [9.17, 15) is 4.79 Å². The molecule has 4 aromatic rings. The van der Waals surface area contributed by atoms with Crippen LogP contribution in [0.2, 0.25) is 10.0 Å². The zero-order valence-corrected chi connectivity index (χ0v) is 16.7. The third kappa shape index (κ3) is 3.11. The van der Waals surface area contributed by atoms with Gasteiger partial charge in [0.05, 0.1) is 29.2 Å². The van der Waals surface area contributed by atoms with Crippen molar-refractivity contribution in [1.82, 2.24) is 9.78 Å². The highest BCUT2D eigenvalue weighted by atomic mass is 35.5. The topological polar surface area (TPSA) is 38.1 Å². The van der Waals surface area contributed by atoms with E-state index < -0.39 is 0 Å². The van der Waals surface area contributed by atoms with E-state index in [4.69, 9.17) is 28.3 Å². The van der Waals surface area contributed by atoms with Crippen molar-refractivity contribution in [2.75, 3.05) is 4.90 Å². The molecule has 0 N–H and O–H groups in total. The molecule has 0 radical (unpaired) electrons. The Labute approximate surface area is 177 Å². The Morgan fingerprint density at radius 2 is 1.52 bits per heavy atom. The number of halogens is 2. The van der Waals surface area contributed by atoms with Crippen molar-refractivity contribution in [2.45, 2.75) is 6.54 Å². The molecule has 29 heavy (non-hydrogen) atoms. The molecule has 1 aliphatic heterocycles. The average molecular weight is 420 g/mol. The van der Waals surface area contributed by atoms with Gasteiger partial charge in [0.2, 0.25) is 0 Å². The zero-order chi connectivity index (χ0) is 20.0. The predicted octanol–water partition coefficient (Wildman–Crippen LogP) is 6.01. The number of anilines is 1. The molecule has 1 aromatic heterocycles. The van der Waals surface area contributed by atoms with Gasteiger partial charge in [-0.2, -0.15) is 5.10 Å². The lowest BCUT2D eigenvalue weighted by molar-refractivity contribution is 0.0997. The summed E-state index contributed by atoms with van der Waals surface area (Å²) >= 11 is 12.3. The lowest BCUT2D eigenvalue weighted by atomic mass is 10.1. The number of benzene rings is 3. The summed E-state index contributed by atoms with van der Waals surface area (Å²) in [5, 5.41) is 6.03. The first kappa shape index (κ1) is 18.0. The van der Waals surface area contributed by atoms with Crippen LogP contribution >= 0.6 is 23.2 Å². The lowest BCUT2D eigenvalue weighted by Gasteiger charge is -2.17. The van der Waals surface area contributed by atoms with Crippen molar-refractivity contribution in [1.29, 1.82) is 0 Å². The van der Waals surface area contributed by atoms with Gasteiger partial charge in [0.1, 0.15) is 0 Å². The molecule has 1 amide bonds. The second kappa shape index (κ2) is 7.07. The normalized spacial score (nSPS) is 13.0. The maximum atomic E-state index is 13.4. The number of hydrogen-bond acceptors (Lipinski definition) is 2. The van der Waals surface area contributed by atoms with Crippen molar-refractivity contribution in [2.24, 2.45) is 0 Å². The Kier molecular flexibility index (Phi) is 4.38. The number of nitrogens with zero attached hydrogens (tertiary/aromatic N) is 3. The minimum absolute atomic E-state index is 0.0653. The molecule has 5 rings (SSSR count). The number of hydrogen-bond donors (Lipinski definition) is 0. The van der Waals surface area contributed by atoms with Crippen LogP contribution in [0.3, 0.4) is 0 Å². The van der Waals surface area contributed by atoms with Gasteiger partial charge in [-0.15, -0.1) is 0 Å². The fourth-order valence-corrected chi connectivity index (χ4v) is 3.95. The third-order valence-electron chi connectivity index (χ3n) is 4.96. The number of fused-ring (bicyclic) bond motifs is 1. The lowest BCUT2D eigenvalue weighted by Crippen LogP contribution is -2.24. The van der Waals surface area contributed by atoms with Crippen molar-refractivity contribution in [3.05, 3.63) is 100 Å². The van der Waals surface area contributed by atoms with E-state index in [1.165, 1.54) is 0 Å². The van der Waals surface area contributed by atoms with Crippen LogP contribution in [0, 0.1) is 0 Å². The molecule has 2 heterocycles. The number of aromatic nitrogens is 2. The molecule has 0 unspecified atom stereocenters. The molecule has 0 spiro atoms. The van der Waals surface area contributed by atoms with Gasteiger partial charge in [-0.05, 0) is 42.5 Å². The number of amides is 1. The molecular formula is C23H15Cl2N3O. The number of para-hydroxylation sites is 1. The first-order valence-electron chi connectivity index (χ1n) is 9.12. The van der Waals surface area contributed by atoms with Crippen molar-refractivity contribution in [3.8, 4) is 16.9 Å². The van der Waals surface area contributed by atoms with Crippen LogP contribution in [0.5, 0.6) is 0 Å². The maximum absolute atomic E-state index is 13.4. The predicted molar refractivity (Wildman–Crippen MR) is 116 cm³/mol. The summed E-state index contributed by atoms with van der Waals surface area (Å²) in [6.07, 6.45) is 0. The molecule has 1 aliphatic rings. The second-order valence-corrected chi connectivity index (χ2v) is 7.67. The third-order valence-corrected chi connectivity index (χ3v) is 5.45. The molecule has 0 saturated heterocycles. The zero-order valence-electron chi connectivity index (χ0n) is 15.2. The van der Waals surface area contributed by atoms with Crippen LogP contribution < -0.4 is 4.90 Å². The molecule has 0 atom stereocenters. The van der Waals surface area contributed by atoms with Crippen LogP contribution in [0.4, 0.5) is 5.69 Å². The molecule has 0 aliphatic carbocycles. The molecule has 3 aromatic carbocycles. The van der Waals surface area contributed by atoms with Crippen LogP contribution in [-0.2, 0) is 6.54 Å². The molecule has 0 fully saturated rings. The summed E-state index contributed by atoms with van der Waals surface area (Å²) in [6, 6.07) is 24.5. The maximum Gasteiger partial charge on any atom is 0.262 e. The van der Waals surface area contributed by atoms with Crippen molar-refractivity contribution >= 4 is 34.8 Å². The highest BCUT2D eigenvalue weighted by Gasteiger charge is 2.36. The summed E-state index contributed by atoms with van der Waals surface area (Å²) < 4.78 is 1.79. The Morgan fingerprint density at radius 3 is 2.24 bits per heavy atom. The monoisotopic (exact) mass is 419 g/mol. The Hall–Kier alpha value is -3.08. The van der Waals surface area contributed by atoms with Crippen LogP contribution in [0.25, 0.3) is 16.9 Å². The Balaban J connectivity index is 1.70. The summed E-state index contributed by atoms with van der Waals surface area (Å²) in [5.74, 6) is -0.0653. The smallest absolute Gasteiger partial charge is 0.262 e. The molecule has 0 saturated carbocycles. The number of rotatable bonds is 3. The minimum Gasteiger partial charge on any atom is -0.302 e. The minimum atomic E-state index is -0.0653. The molecular weight excluding hydrogens is 405 g/mol. The largest absolute Gasteiger partial charge is 0.302 e. The van der Waals surface area contributed by atoms with E-state index in [0.717, 1.165) is 28.3 Å². The standard InChI is InChI=1S/C23H15Cl2N3O/c24-16-11-9-15(10-12-16)22-21-20(26-28(22)19-8-4-5-17(25)13-19)14-27(23(21)29)18-6-2-1-3-7-18/h1-13H,14H2. The summed E-state index contributed by atoms with van der Waals surface area (Å²) in [6.45, 7) is 0.423. The quantitative estimate of drug-likeness (QED) is 0.407. The molecule has 6 heteroatoms. The van der Waals surface area contributed by atoms with Gasteiger partial charge in [0, 0.05) is 21.3 Å². The van der Waals surface area contributed by atoms with E-state index in [2.05, 4.69) is 0 Å². The highest BCUT2D eigenvalue weighted by molar-refractivity contribution is 6.31. The summed E-state index contributed by atoms with van der Waals surface area (Å²) in [5.41, 5.74) is 4.61. The summed E-state index contributed by atoms with van der Waals surface area (Å²) in [4.78, 5) is 15.1. The van der Waals surface area contributed by atoms with Crippen molar-refractivity contribution < 1.29 is 4.79 Å². The van der Waals surface area contributed by atoms with E-state index in [1.807, 2.05) is 78.9 Å². The molecule has 0 bridgehead atoms.